The second kappa shape index (κ2) is 9.94. The average Bonchev–Trinajstić information content (AvgIpc) is 2.71. The molecule has 0 saturated carbocycles. The maximum Gasteiger partial charge on any atom is 0.156 e. The Bertz CT molecular complexity index is 685. The third-order valence-electron chi connectivity index (χ3n) is 7.63. The van der Waals surface area contributed by atoms with Gasteiger partial charge in [0.15, 0.2) is 9.84 Å². The molecule has 5 atom stereocenters. The molecule has 3 saturated heterocycles. The summed E-state index contributed by atoms with van der Waals surface area (Å²) in [5.41, 5.74) is -0.281. The van der Waals surface area contributed by atoms with Crippen LogP contribution in [0.1, 0.15) is 54.4 Å². The van der Waals surface area contributed by atoms with Gasteiger partial charge in [-0.15, -0.1) is 0 Å². The van der Waals surface area contributed by atoms with Crippen molar-refractivity contribution in [2.24, 2.45) is 11.3 Å². The normalized spacial score (nSPS) is 34.4. The van der Waals surface area contributed by atoms with Gasteiger partial charge in [-0.3, -0.25) is 4.90 Å². The molecule has 0 amide bonds. The highest BCUT2D eigenvalue weighted by Gasteiger charge is 2.46. The van der Waals surface area contributed by atoms with Crippen molar-refractivity contribution in [2.75, 3.05) is 51.8 Å². The van der Waals surface area contributed by atoms with Gasteiger partial charge in [0, 0.05) is 43.3 Å². The molecule has 3 aliphatic heterocycles. The van der Waals surface area contributed by atoms with E-state index >= 15 is 0 Å². The van der Waals surface area contributed by atoms with Crippen LogP contribution in [0.25, 0.3) is 0 Å². The second-order valence-electron chi connectivity index (χ2n) is 11.5. The molecule has 3 fully saturated rings. The fourth-order valence-electron chi connectivity index (χ4n) is 5.49. The molecule has 3 heterocycles. The largest absolute Gasteiger partial charge is 0.379 e. The van der Waals surface area contributed by atoms with Crippen molar-refractivity contribution < 1.29 is 17.9 Å². The van der Waals surface area contributed by atoms with Crippen LogP contribution < -0.4 is 10.6 Å². The predicted molar refractivity (Wildman–Crippen MR) is 125 cm³/mol. The first kappa shape index (κ1) is 25.4. The molecule has 0 spiro atoms. The minimum atomic E-state index is -3.16. The molecule has 0 radical (unpaired) electrons. The number of hydrogen-bond acceptors (Lipinski definition) is 7. The van der Waals surface area contributed by atoms with Crippen molar-refractivity contribution in [3.05, 3.63) is 0 Å². The summed E-state index contributed by atoms with van der Waals surface area (Å²) in [5, 5.41) is 6.84. The quantitative estimate of drug-likeness (QED) is 0.625. The zero-order valence-electron chi connectivity index (χ0n) is 20.4. The van der Waals surface area contributed by atoms with Gasteiger partial charge < -0.3 is 20.1 Å². The molecule has 31 heavy (non-hydrogen) atoms. The Morgan fingerprint density at radius 1 is 1.06 bits per heavy atom. The summed E-state index contributed by atoms with van der Waals surface area (Å²) in [4.78, 5) is 2.51. The van der Waals surface area contributed by atoms with Crippen molar-refractivity contribution in [1.82, 2.24) is 15.5 Å². The monoisotopic (exact) mass is 459 g/mol. The smallest absolute Gasteiger partial charge is 0.156 e. The van der Waals surface area contributed by atoms with Crippen molar-refractivity contribution in [1.29, 1.82) is 0 Å². The lowest BCUT2D eigenvalue weighted by Gasteiger charge is -2.51. The van der Waals surface area contributed by atoms with E-state index in [9.17, 15) is 8.42 Å². The van der Waals surface area contributed by atoms with Gasteiger partial charge in [0.05, 0.1) is 37.4 Å². The Labute approximate surface area is 189 Å². The molecule has 5 unspecified atom stereocenters. The maximum atomic E-state index is 13.1. The van der Waals surface area contributed by atoms with Crippen LogP contribution in [-0.4, -0.2) is 94.0 Å². The number of sulfone groups is 1. The Morgan fingerprint density at radius 2 is 1.77 bits per heavy atom. The Hall–Kier alpha value is -0.250. The van der Waals surface area contributed by atoms with Crippen molar-refractivity contribution in [3.63, 3.8) is 0 Å². The summed E-state index contributed by atoms with van der Waals surface area (Å²) in [6, 6.07) is 0.407. The summed E-state index contributed by atoms with van der Waals surface area (Å²) >= 11 is 0. The fraction of sp³-hybridized carbons (Fsp3) is 1.00. The number of ether oxygens (including phenoxy) is 2. The third kappa shape index (κ3) is 6.21. The van der Waals surface area contributed by atoms with Crippen molar-refractivity contribution in [2.45, 2.75) is 83.3 Å². The minimum absolute atomic E-state index is 0.0233. The zero-order valence-corrected chi connectivity index (χ0v) is 21.3. The molecule has 7 nitrogen and oxygen atoms in total. The summed E-state index contributed by atoms with van der Waals surface area (Å²) in [6.45, 7) is 18.2. The van der Waals surface area contributed by atoms with E-state index in [1.165, 1.54) is 0 Å². The Balaban J connectivity index is 1.65. The lowest BCUT2D eigenvalue weighted by Crippen LogP contribution is -2.67. The summed E-state index contributed by atoms with van der Waals surface area (Å²) in [7, 11) is -3.16. The topological polar surface area (TPSA) is 79.9 Å². The van der Waals surface area contributed by atoms with Crippen LogP contribution in [0.2, 0.25) is 0 Å². The highest BCUT2D eigenvalue weighted by atomic mass is 32.2. The van der Waals surface area contributed by atoms with E-state index in [2.05, 4.69) is 36.3 Å². The number of hydrogen-bond donors (Lipinski definition) is 2. The van der Waals surface area contributed by atoms with E-state index in [0.29, 0.717) is 31.7 Å². The molecule has 0 aliphatic carbocycles. The molecule has 0 bridgehead atoms. The lowest BCUT2D eigenvalue weighted by molar-refractivity contribution is -0.0691. The van der Waals surface area contributed by atoms with Gasteiger partial charge in [-0.05, 0) is 38.0 Å². The third-order valence-corrected chi connectivity index (χ3v) is 10.2. The Morgan fingerprint density at radius 3 is 2.39 bits per heavy atom. The van der Waals surface area contributed by atoms with E-state index in [1.54, 1.807) is 0 Å². The van der Waals surface area contributed by atoms with Crippen molar-refractivity contribution >= 4 is 9.84 Å². The molecule has 182 valence electrons. The standard InChI is InChI=1S/C23H45N3O4S/c1-17(18-14-29-11-9-24-18)7-8-23(5,6)26-10-12-30-15-20(26)19-16-31(27,28)21(13-25-19)22(2,3)4/h17-21,24-25H,7-16H2,1-6H3. The molecule has 8 heteroatoms. The van der Waals surface area contributed by atoms with Crippen LogP contribution in [-0.2, 0) is 19.3 Å². The molecule has 0 aromatic carbocycles. The summed E-state index contributed by atoms with van der Waals surface area (Å²) in [6.07, 6.45) is 2.17. The first-order valence-electron chi connectivity index (χ1n) is 12.0. The van der Waals surface area contributed by atoms with E-state index in [4.69, 9.17) is 9.47 Å². The second-order valence-corrected chi connectivity index (χ2v) is 13.7. The van der Waals surface area contributed by atoms with Gasteiger partial charge in [-0.25, -0.2) is 8.42 Å². The molecule has 3 rings (SSSR count). The van der Waals surface area contributed by atoms with Crippen LogP contribution >= 0.6 is 0 Å². The van der Waals surface area contributed by atoms with Gasteiger partial charge in [0.1, 0.15) is 0 Å². The zero-order chi connectivity index (χ0) is 22.9. The van der Waals surface area contributed by atoms with Crippen LogP contribution in [0.15, 0.2) is 0 Å². The van der Waals surface area contributed by atoms with Gasteiger partial charge in [-0.2, -0.15) is 0 Å². The Kier molecular flexibility index (Phi) is 8.13. The van der Waals surface area contributed by atoms with E-state index in [-0.39, 0.29) is 34.0 Å². The van der Waals surface area contributed by atoms with E-state index in [0.717, 1.165) is 39.1 Å². The number of morpholine rings is 2. The van der Waals surface area contributed by atoms with Gasteiger partial charge in [0.2, 0.25) is 0 Å². The van der Waals surface area contributed by atoms with Crippen LogP contribution in [0.4, 0.5) is 0 Å². The fourth-order valence-corrected chi connectivity index (χ4v) is 7.99. The van der Waals surface area contributed by atoms with Crippen LogP contribution in [0, 0.1) is 11.3 Å². The lowest BCUT2D eigenvalue weighted by atomic mass is 9.86. The molecule has 0 aromatic rings. The summed E-state index contributed by atoms with van der Waals surface area (Å²) < 4.78 is 37.7. The molecule has 0 aromatic heterocycles. The molecule has 3 aliphatic rings. The highest BCUT2D eigenvalue weighted by Crippen LogP contribution is 2.33. The number of nitrogens with zero attached hydrogens (tertiary/aromatic N) is 1. The number of rotatable bonds is 6. The van der Waals surface area contributed by atoms with E-state index in [1.807, 2.05) is 20.8 Å². The van der Waals surface area contributed by atoms with Crippen molar-refractivity contribution in [3.8, 4) is 0 Å². The minimum Gasteiger partial charge on any atom is -0.379 e. The van der Waals surface area contributed by atoms with Gasteiger partial charge in [-0.1, -0.05) is 27.7 Å². The first-order chi connectivity index (χ1) is 14.4. The average molecular weight is 460 g/mol. The maximum absolute atomic E-state index is 13.1. The summed E-state index contributed by atoms with van der Waals surface area (Å²) in [5.74, 6) is 0.731. The molecule has 2 N–H and O–H groups in total. The van der Waals surface area contributed by atoms with Gasteiger partial charge >= 0.3 is 0 Å². The molecular weight excluding hydrogens is 414 g/mol. The first-order valence-corrected chi connectivity index (χ1v) is 13.7. The molecular formula is C23H45N3O4S. The van der Waals surface area contributed by atoms with E-state index < -0.39 is 9.84 Å². The SMILES string of the molecule is CC(CCC(C)(C)N1CCOCC1C1CS(=O)(=O)C(C(C)(C)C)CN1)C1COCCN1. The van der Waals surface area contributed by atoms with Gasteiger partial charge in [0.25, 0.3) is 0 Å². The predicted octanol–water partition coefficient (Wildman–Crippen LogP) is 1.67. The number of nitrogens with one attached hydrogen (secondary N) is 2. The highest BCUT2D eigenvalue weighted by molar-refractivity contribution is 7.92. The van der Waals surface area contributed by atoms with Crippen LogP contribution in [0.5, 0.6) is 0 Å². The van der Waals surface area contributed by atoms with Crippen LogP contribution in [0.3, 0.4) is 0 Å².